The van der Waals surface area contributed by atoms with E-state index in [1.165, 1.54) is 27.7 Å². The number of carbonyl (C=O) groups excluding carboxylic acids is 1. The third-order valence-corrected chi connectivity index (χ3v) is 5.27. The SMILES string of the molecule is CCCCCN(C(=O)c1ccc(F)cc1Br)c1c(N)n(CCCC)c(=O)[nH]c1=O. The maximum atomic E-state index is 13.5. The summed E-state index contributed by atoms with van der Waals surface area (Å²) in [6, 6.07) is 3.72. The number of carbonyl (C=O) groups is 1. The van der Waals surface area contributed by atoms with E-state index in [0.29, 0.717) is 19.4 Å². The Morgan fingerprint density at radius 2 is 1.90 bits per heavy atom. The van der Waals surface area contributed by atoms with E-state index in [1.807, 2.05) is 13.8 Å². The molecule has 0 unspecified atom stereocenters. The molecule has 9 heteroatoms. The van der Waals surface area contributed by atoms with Crippen LogP contribution in [-0.4, -0.2) is 22.0 Å². The Balaban J connectivity index is 2.59. The number of hydrogen-bond acceptors (Lipinski definition) is 4. The second kappa shape index (κ2) is 10.4. The van der Waals surface area contributed by atoms with Gasteiger partial charge in [0.2, 0.25) is 0 Å². The fraction of sp³-hybridized carbons (Fsp3) is 0.450. The summed E-state index contributed by atoms with van der Waals surface area (Å²) in [5.41, 5.74) is 5.01. The monoisotopic (exact) mass is 468 g/mol. The average molecular weight is 469 g/mol. The first-order valence-corrected chi connectivity index (χ1v) is 10.5. The van der Waals surface area contributed by atoms with Crippen molar-refractivity contribution in [3.8, 4) is 0 Å². The standard InChI is InChI=1S/C20H26BrFN4O3/c1-3-5-7-11-25(19(28)14-9-8-13(22)12-15(14)21)16-17(23)26(10-6-4-2)20(29)24-18(16)27/h8-9,12H,3-7,10-11,23H2,1-2H3,(H,24,27,29). The van der Waals surface area contributed by atoms with Crippen LogP contribution in [0.15, 0.2) is 32.3 Å². The van der Waals surface area contributed by atoms with E-state index < -0.39 is 23.0 Å². The number of benzene rings is 1. The van der Waals surface area contributed by atoms with Crippen molar-refractivity contribution in [3.05, 3.63) is 54.9 Å². The molecule has 0 aliphatic heterocycles. The molecule has 0 fully saturated rings. The van der Waals surface area contributed by atoms with Crippen molar-refractivity contribution in [3.63, 3.8) is 0 Å². The fourth-order valence-corrected chi connectivity index (χ4v) is 3.54. The van der Waals surface area contributed by atoms with Crippen molar-refractivity contribution in [1.29, 1.82) is 0 Å². The van der Waals surface area contributed by atoms with E-state index in [4.69, 9.17) is 5.73 Å². The number of H-pyrrole nitrogens is 1. The van der Waals surface area contributed by atoms with Gasteiger partial charge in [-0.15, -0.1) is 0 Å². The molecule has 0 aliphatic rings. The van der Waals surface area contributed by atoms with Gasteiger partial charge in [-0.05, 0) is 47.0 Å². The number of aromatic nitrogens is 2. The van der Waals surface area contributed by atoms with E-state index in [9.17, 15) is 18.8 Å². The molecule has 0 bridgehead atoms. The molecule has 7 nitrogen and oxygen atoms in total. The molecule has 1 aromatic carbocycles. The van der Waals surface area contributed by atoms with Crippen LogP contribution in [0.2, 0.25) is 0 Å². The highest BCUT2D eigenvalue weighted by Gasteiger charge is 2.26. The van der Waals surface area contributed by atoms with Crippen LogP contribution >= 0.6 is 15.9 Å². The number of hydrogen-bond donors (Lipinski definition) is 2. The normalized spacial score (nSPS) is 10.9. The van der Waals surface area contributed by atoms with Gasteiger partial charge in [0.25, 0.3) is 11.5 Å². The highest BCUT2D eigenvalue weighted by Crippen LogP contribution is 2.25. The first-order valence-electron chi connectivity index (χ1n) is 9.71. The lowest BCUT2D eigenvalue weighted by Crippen LogP contribution is -2.41. The fourth-order valence-electron chi connectivity index (χ4n) is 3.02. The van der Waals surface area contributed by atoms with Crippen LogP contribution in [0.25, 0.3) is 0 Å². The topological polar surface area (TPSA) is 101 Å². The molecule has 1 amide bonds. The molecule has 1 aromatic heterocycles. The van der Waals surface area contributed by atoms with Gasteiger partial charge in [0, 0.05) is 17.6 Å². The molecule has 2 rings (SSSR count). The highest BCUT2D eigenvalue weighted by atomic mass is 79.9. The van der Waals surface area contributed by atoms with Crippen LogP contribution in [-0.2, 0) is 6.54 Å². The van der Waals surface area contributed by atoms with Gasteiger partial charge in [-0.1, -0.05) is 33.1 Å². The van der Waals surface area contributed by atoms with Gasteiger partial charge >= 0.3 is 5.69 Å². The molecule has 0 saturated heterocycles. The number of unbranched alkanes of at least 4 members (excludes halogenated alkanes) is 3. The van der Waals surface area contributed by atoms with Crippen LogP contribution in [0.1, 0.15) is 56.3 Å². The average Bonchev–Trinajstić information content (AvgIpc) is 2.66. The number of nitrogen functional groups attached to an aromatic ring is 1. The Morgan fingerprint density at radius 3 is 2.52 bits per heavy atom. The molecule has 0 atom stereocenters. The van der Waals surface area contributed by atoms with Gasteiger partial charge in [0.15, 0.2) is 5.69 Å². The predicted molar refractivity (Wildman–Crippen MR) is 116 cm³/mol. The number of nitrogens with one attached hydrogen (secondary N) is 1. The van der Waals surface area contributed by atoms with Crippen LogP contribution in [0.5, 0.6) is 0 Å². The first-order chi connectivity index (χ1) is 13.8. The summed E-state index contributed by atoms with van der Waals surface area (Å²) >= 11 is 3.21. The summed E-state index contributed by atoms with van der Waals surface area (Å²) < 4.78 is 15.0. The molecule has 158 valence electrons. The molecule has 29 heavy (non-hydrogen) atoms. The number of nitrogens with two attached hydrogens (primary N) is 1. The molecule has 0 spiro atoms. The van der Waals surface area contributed by atoms with Crippen LogP contribution in [0, 0.1) is 5.82 Å². The summed E-state index contributed by atoms with van der Waals surface area (Å²) in [5, 5.41) is 0. The van der Waals surface area contributed by atoms with Crippen molar-refractivity contribution in [2.45, 2.75) is 52.5 Å². The lowest BCUT2D eigenvalue weighted by Gasteiger charge is -2.25. The Hall–Kier alpha value is -2.42. The lowest BCUT2D eigenvalue weighted by atomic mass is 10.1. The zero-order chi connectivity index (χ0) is 21.6. The molecule has 3 N–H and O–H groups in total. The van der Waals surface area contributed by atoms with Gasteiger partial charge < -0.3 is 10.6 Å². The van der Waals surface area contributed by atoms with E-state index in [2.05, 4.69) is 20.9 Å². The largest absolute Gasteiger partial charge is 0.383 e. The molecule has 0 aliphatic carbocycles. The minimum absolute atomic E-state index is 0.0460. The summed E-state index contributed by atoms with van der Waals surface area (Å²) in [5.74, 6) is -1.03. The minimum atomic E-state index is -0.719. The first kappa shape index (κ1) is 22.9. The summed E-state index contributed by atoms with van der Waals surface area (Å²) in [4.78, 5) is 41.6. The third kappa shape index (κ3) is 5.35. The van der Waals surface area contributed by atoms with Gasteiger partial charge in [-0.3, -0.25) is 19.1 Å². The van der Waals surface area contributed by atoms with Crippen molar-refractivity contribution < 1.29 is 9.18 Å². The summed E-state index contributed by atoms with van der Waals surface area (Å²) in [7, 11) is 0. The maximum Gasteiger partial charge on any atom is 0.330 e. The third-order valence-electron chi connectivity index (χ3n) is 4.61. The number of anilines is 2. The van der Waals surface area contributed by atoms with Gasteiger partial charge in [-0.25, -0.2) is 9.18 Å². The van der Waals surface area contributed by atoms with Crippen LogP contribution < -0.4 is 21.9 Å². The molecule has 2 aromatic rings. The van der Waals surface area contributed by atoms with Crippen LogP contribution in [0.4, 0.5) is 15.9 Å². The molecular formula is C20H26BrFN4O3. The predicted octanol–water partition coefficient (Wildman–Crippen LogP) is 3.66. The molecular weight excluding hydrogens is 443 g/mol. The van der Waals surface area contributed by atoms with Crippen molar-refractivity contribution in [2.75, 3.05) is 17.2 Å². The summed E-state index contributed by atoms with van der Waals surface area (Å²) in [6.07, 6.45) is 3.95. The Morgan fingerprint density at radius 1 is 1.21 bits per heavy atom. The van der Waals surface area contributed by atoms with E-state index in [0.717, 1.165) is 19.3 Å². The molecule has 0 saturated carbocycles. The van der Waals surface area contributed by atoms with E-state index in [1.54, 1.807) is 0 Å². The Labute approximate surface area is 176 Å². The summed E-state index contributed by atoms with van der Waals surface area (Å²) in [6.45, 7) is 4.58. The quantitative estimate of drug-likeness (QED) is 0.548. The molecule has 0 radical (unpaired) electrons. The number of nitrogens with zero attached hydrogens (tertiary/aromatic N) is 2. The zero-order valence-electron chi connectivity index (χ0n) is 16.6. The zero-order valence-corrected chi connectivity index (χ0v) is 18.2. The second-order valence-electron chi connectivity index (χ2n) is 6.79. The van der Waals surface area contributed by atoms with Crippen molar-refractivity contribution in [1.82, 2.24) is 9.55 Å². The lowest BCUT2D eigenvalue weighted by molar-refractivity contribution is 0.0985. The highest BCUT2D eigenvalue weighted by molar-refractivity contribution is 9.10. The molecule has 1 heterocycles. The second-order valence-corrected chi connectivity index (χ2v) is 7.64. The smallest absolute Gasteiger partial charge is 0.330 e. The number of halogens is 2. The Bertz CT molecular complexity index is 987. The minimum Gasteiger partial charge on any atom is -0.383 e. The Kier molecular flexibility index (Phi) is 8.19. The number of rotatable bonds is 9. The maximum absolute atomic E-state index is 13.5. The van der Waals surface area contributed by atoms with Gasteiger partial charge in [-0.2, -0.15) is 0 Å². The van der Waals surface area contributed by atoms with Crippen LogP contribution in [0.3, 0.4) is 0 Å². The number of amides is 1. The van der Waals surface area contributed by atoms with E-state index >= 15 is 0 Å². The van der Waals surface area contributed by atoms with Gasteiger partial charge in [0.1, 0.15) is 11.6 Å². The van der Waals surface area contributed by atoms with Crippen molar-refractivity contribution >= 4 is 33.3 Å². The van der Waals surface area contributed by atoms with E-state index in [-0.39, 0.29) is 28.1 Å². The number of aromatic amines is 1. The van der Waals surface area contributed by atoms with Gasteiger partial charge in [0.05, 0.1) is 5.56 Å². The van der Waals surface area contributed by atoms with Crippen molar-refractivity contribution in [2.24, 2.45) is 0 Å².